The van der Waals surface area contributed by atoms with Crippen molar-refractivity contribution < 1.29 is 4.42 Å². The van der Waals surface area contributed by atoms with Crippen molar-refractivity contribution in [3.05, 3.63) is 36.1 Å². The maximum Gasteiger partial charge on any atom is 0.133 e. The van der Waals surface area contributed by atoms with E-state index in [0.29, 0.717) is 0 Å². The summed E-state index contributed by atoms with van der Waals surface area (Å²) in [7, 11) is 2.15. The molecule has 0 N–H and O–H groups in total. The Hall–Kier alpha value is -1.18. The minimum absolute atomic E-state index is 0.974. The second-order valence-corrected chi connectivity index (χ2v) is 2.65. The van der Waals surface area contributed by atoms with Crippen LogP contribution in [0.3, 0.4) is 0 Å². The quantitative estimate of drug-likeness (QED) is 0.553. The van der Waals surface area contributed by atoms with Gasteiger partial charge in [0.2, 0.25) is 0 Å². The van der Waals surface area contributed by atoms with Gasteiger partial charge in [0.25, 0.3) is 0 Å². The molecular formula is C9H9BO. The average molecular weight is 144 g/mol. The fraction of sp³-hybridized carbons (Fsp3) is 0.111. The molecule has 0 bridgehead atoms. The number of rotatable bonds is 1. The van der Waals surface area contributed by atoms with Gasteiger partial charge in [0.05, 0.1) is 6.26 Å². The Morgan fingerprint density at radius 3 is 3.00 bits per heavy atom. The van der Waals surface area contributed by atoms with E-state index in [1.807, 2.05) is 12.1 Å². The van der Waals surface area contributed by atoms with Crippen LogP contribution < -0.4 is 0 Å². The fourth-order valence-electron chi connectivity index (χ4n) is 1.24. The van der Waals surface area contributed by atoms with Crippen molar-refractivity contribution in [1.29, 1.82) is 0 Å². The van der Waals surface area contributed by atoms with Gasteiger partial charge >= 0.3 is 0 Å². The van der Waals surface area contributed by atoms with Gasteiger partial charge in [-0.2, -0.15) is 0 Å². The summed E-state index contributed by atoms with van der Waals surface area (Å²) in [5.74, 6) is 0. The molecule has 0 aliphatic rings. The van der Waals surface area contributed by atoms with Crippen molar-refractivity contribution in [2.45, 2.75) is 6.32 Å². The van der Waals surface area contributed by atoms with Crippen LogP contribution in [-0.2, 0) is 6.32 Å². The smallest absolute Gasteiger partial charge is 0.133 e. The molecule has 0 aliphatic heterocycles. The highest BCUT2D eigenvalue weighted by Crippen LogP contribution is 2.16. The Morgan fingerprint density at radius 1 is 1.27 bits per heavy atom. The Balaban J connectivity index is 2.67. The van der Waals surface area contributed by atoms with Gasteiger partial charge in [0, 0.05) is 5.39 Å². The number of furan rings is 1. The summed E-state index contributed by atoms with van der Waals surface area (Å²) < 4.78 is 5.22. The van der Waals surface area contributed by atoms with Crippen LogP contribution in [0.2, 0.25) is 0 Å². The monoisotopic (exact) mass is 144 g/mol. The van der Waals surface area contributed by atoms with Crippen molar-refractivity contribution >= 4 is 18.8 Å². The average Bonchev–Trinajstić information content (AvgIpc) is 2.50. The van der Waals surface area contributed by atoms with Gasteiger partial charge in [-0.05, 0) is 18.2 Å². The largest absolute Gasteiger partial charge is 0.464 e. The molecular weight excluding hydrogens is 135 g/mol. The first-order chi connectivity index (χ1) is 5.40. The zero-order chi connectivity index (χ0) is 7.68. The molecule has 0 spiro atoms. The minimum Gasteiger partial charge on any atom is -0.464 e. The second kappa shape index (κ2) is 2.46. The highest BCUT2D eigenvalue weighted by molar-refractivity contribution is 6.08. The first-order valence-corrected chi connectivity index (χ1v) is 3.86. The summed E-state index contributed by atoms with van der Waals surface area (Å²) in [4.78, 5) is 0. The third-order valence-corrected chi connectivity index (χ3v) is 1.93. The maximum atomic E-state index is 5.22. The third-order valence-electron chi connectivity index (χ3n) is 1.93. The Labute approximate surface area is 66.4 Å². The predicted octanol–water partition coefficient (Wildman–Crippen LogP) is 1.57. The molecule has 2 aromatic rings. The molecule has 2 heteroatoms. The molecule has 2 rings (SSSR count). The standard InChI is InChI=1S/C9H9BO/c10-6-7-1-2-9-8(5-7)3-4-11-9/h1-5H,6,10H2. The van der Waals surface area contributed by atoms with Crippen molar-refractivity contribution in [3.63, 3.8) is 0 Å². The van der Waals surface area contributed by atoms with Gasteiger partial charge in [-0.25, -0.2) is 0 Å². The summed E-state index contributed by atoms with van der Waals surface area (Å²) in [6, 6.07) is 8.29. The Kier molecular flexibility index (Phi) is 1.46. The van der Waals surface area contributed by atoms with Gasteiger partial charge < -0.3 is 4.42 Å². The third kappa shape index (κ3) is 1.05. The van der Waals surface area contributed by atoms with Crippen LogP contribution in [0.15, 0.2) is 34.9 Å². The van der Waals surface area contributed by atoms with Crippen LogP contribution in [0.5, 0.6) is 0 Å². The lowest BCUT2D eigenvalue weighted by molar-refractivity contribution is 0.616. The molecule has 54 valence electrons. The SMILES string of the molecule is BCc1ccc2occc2c1. The van der Waals surface area contributed by atoms with Gasteiger partial charge in [-0.15, -0.1) is 0 Å². The molecule has 0 fully saturated rings. The molecule has 1 aromatic carbocycles. The maximum absolute atomic E-state index is 5.22. The van der Waals surface area contributed by atoms with E-state index in [0.717, 1.165) is 11.9 Å². The molecule has 0 saturated heterocycles. The zero-order valence-electron chi connectivity index (χ0n) is 6.50. The van der Waals surface area contributed by atoms with E-state index in [9.17, 15) is 0 Å². The lowest BCUT2D eigenvalue weighted by atomic mass is 9.96. The van der Waals surface area contributed by atoms with Gasteiger partial charge in [0.1, 0.15) is 13.4 Å². The van der Waals surface area contributed by atoms with E-state index in [4.69, 9.17) is 4.42 Å². The predicted molar refractivity (Wildman–Crippen MR) is 48.5 cm³/mol. The highest BCUT2D eigenvalue weighted by Gasteiger charge is 1.95. The Bertz CT molecular complexity index is 364. The number of hydrogen-bond acceptors (Lipinski definition) is 1. The summed E-state index contributed by atoms with van der Waals surface area (Å²) >= 11 is 0. The van der Waals surface area contributed by atoms with E-state index in [2.05, 4.69) is 20.0 Å². The van der Waals surface area contributed by atoms with Crippen molar-refractivity contribution in [2.75, 3.05) is 0 Å². The summed E-state index contributed by atoms with van der Waals surface area (Å²) in [5.41, 5.74) is 2.33. The van der Waals surface area contributed by atoms with E-state index in [1.54, 1.807) is 6.26 Å². The first kappa shape index (κ1) is 6.53. The summed E-state index contributed by atoms with van der Waals surface area (Å²) in [6.07, 6.45) is 2.81. The van der Waals surface area contributed by atoms with Gasteiger partial charge in [0.15, 0.2) is 0 Å². The molecule has 0 radical (unpaired) electrons. The van der Waals surface area contributed by atoms with Crippen LogP contribution in [0, 0.1) is 0 Å². The molecule has 0 aliphatic carbocycles. The number of hydrogen-bond donors (Lipinski definition) is 0. The topological polar surface area (TPSA) is 13.1 Å². The van der Waals surface area contributed by atoms with Crippen LogP contribution >= 0.6 is 0 Å². The normalized spacial score (nSPS) is 10.5. The van der Waals surface area contributed by atoms with Crippen molar-refractivity contribution in [2.24, 2.45) is 0 Å². The summed E-state index contributed by atoms with van der Waals surface area (Å²) in [6.45, 7) is 0. The van der Waals surface area contributed by atoms with Gasteiger partial charge in [-0.1, -0.05) is 17.9 Å². The second-order valence-electron chi connectivity index (χ2n) is 2.65. The van der Waals surface area contributed by atoms with Gasteiger partial charge in [-0.3, -0.25) is 0 Å². The van der Waals surface area contributed by atoms with Crippen LogP contribution in [-0.4, -0.2) is 7.85 Å². The van der Waals surface area contributed by atoms with Crippen LogP contribution in [0.1, 0.15) is 5.56 Å². The fourth-order valence-corrected chi connectivity index (χ4v) is 1.24. The molecule has 0 saturated carbocycles. The van der Waals surface area contributed by atoms with E-state index >= 15 is 0 Å². The van der Waals surface area contributed by atoms with Crippen LogP contribution in [0.25, 0.3) is 11.0 Å². The van der Waals surface area contributed by atoms with E-state index in [1.165, 1.54) is 10.9 Å². The molecule has 1 aromatic heterocycles. The van der Waals surface area contributed by atoms with E-state index in [-0.39, 0.29) is 0 Å². The van der Waals surface area contributed by atoms with Crippen molar-refractivity contribution in [3.8, 4) is 0 Å². The molecule has 0 amide bonds. The molecule has 0 atom stereocenters. The molecule has 0 unspecified atom stereocenters. The zero-order valence-corrected chi connectivity index (χ0v) is 6.50. The minimum atomic E-state index is 0.974. The molecule has 1 heterocycles. The lowest BCUT2D eigenvalue weighted by Crippen LogP contribution is -1.80. The first-order valence-electron chi connectivity index (χ1n) is 3.86. The number of fused-ring (bicyclic) bond motifs is 1. The molecule has 11 heavy (non-hydrogen) atoms. The summed E-state index contributed by atoms with van der Waals surface area (Å²) in [5, 5.41) is 1.20. The van der Waals surface area contributed by atoms with Crippen molar-refractivity contribution in [1.82, 2.24) is 0 Å². The number of benzene rings is 1. The Morgan fingerprint density at radius 2 is 2.18 bits per heavy atom. The lowest BCUT2D eigenvalue weighted by Gasteiger charge is -1.93. The van der Waals surface area contributed by atoms with E-state index < -0.39 is 0 Å². The highest BCUT2D eigenvalue weighted by atomic mass is 16.3. The van der Waals surface area contributed by atoms with Crippen LogP contribution in [0.4, 0.5) is 0 Å². The molecule has 1 nitrogen and oxygen atoms in total.